The third-order valence-electron chi connectivity index (χ3n) is 2.55. The van der Waals surface area contributed by atoms with Crippen LogP contribution in [0.4, 0.5) is 18.9 Å². The van der Waals surface area contributed by atoms with Gasteiger partial charge in [-0.3, -0.25) is 4.79 Å². The molecule has 0 bridgehead atoms. The monoisotopic (exact) mass is 290 g/mol. The zero-order valence-corrected chi connectivity index (χ0v) is 11.3. The summed E-state index contributed by atoms with van der Waals surface area (Å²) in [7, 11) is 1.47. The molecule has 7 heteroatoms. The summed E-state index contributed by atoms with van der Waals surface area (Å²) < 4.78 is 42.8. The summed E-state index contributed by atoms with van der Waals surface area (Å²) in [4.78, 5) is 11.9. The first-order chi connectivity index (χ1) is 9.40. The van der Waals surface area contributed by atoms with Crippen LogP contribution in [0.2, 0.25) is 0 Å². The van der Waals surface area contributed by atoms with E-state index in [1.807, 2.05) is 0 Å². The number of rotatable bonds is 6. The van der Waals surface area contributed by atoms with Gasteiger partial charge < -0.3 is 15.4 Å². The van der Waals surface area contributed by atoms with Crippen LogP contribution >= 0.6 is 0 Å². The van der Waals surface area contributed by atoms with E-state index in [0.29, 0.717) is 18.8 Å². The number of hydrogen-bond donors (Lipinski definition) is 2. The quantitative estimate of drug-likeness (QED) is 0.792. The number of hydrogen-bond acceptors (Lipinski definition) is 3. The maximum Gasteiger partial charge on any atom is 0.416 e. The van der Waals surface area contributed by atoms with E-state index in [1.165, 1.54) is 13.2 Å². The smallest absolute Gasteiger partial charge is 0.385 e. The summed E-state index contributed by atoms with van der Waals surface area (Å²) in [6.45, 7) is 2.83. The Morgan fingerprint density at radius 1 is 1.35 bits per heavy atom. The molecule has 0 saturated heterocycles. The fourth-order valence-corrected chi connectivity index (χ4v) is 1.61. The number of amides is 1. The maximum absolute atomic E-state index is 12.7. The summed E-state index contributed by atoms with van der Waals surface area (Å²) in [5, 5.41) is 5.37. The van der Waals surface area contributed by atoms with Gasteiger partial charge in [-0.05, 0) is 25.1 Å². The zero-order valence-electron chi connectivity index (χ0n) is 11.3. The van der Waals surface area contributed by atoms with Gasteiger partial charge in [0.15, 0.2) is 0 Å². The van der Waals surface area contributed by atoms with Gasteiger partial charge in [-0.1, -0.05) is 0 Å². The molecule has 0 aromatic heterocycles. The predicted molar refractivity (Wildman–Crippen MR) is 69.8 cm³/mol. The lowest BCUT2D eigenvalue weighted by Gasteiger charge is -2.14. The van der Waals surface area contributed by atoms with E-state index >= 15 is 0 Å². The molecule has 2 N–H and O–H groups in total. The summed E-state index contributed by atoms with van der Waals surface area (Å²) in [5.41, 5.74) is -0.510. The fourth-order valence-electron chi connectivity index (χ4n) is 1.61. The molecule has 0 aliphatic carbocycles. The molecule has 1 rings (SSSR count). The summed E-state index contributed by atoms with van der Waals surface area (Å²) in [6, 6.07) is 3.06. The van der Waals surface area contributed by atoms with Crippen molar-refractivity contribution in [2.24, 2.45) is 0 Å². The molecule has 4 nitrogen and oxygen atoms in total. The van der Waals surface area contributed by atoms with Crippen LogP contribution in [0.25, 0.3) is 0 Å². The second kappa shape index (κ2) is 7.14. The number of alkyl halides is 3. The lowest BCUT2D eigenvalue weighted by molar-refractivity contribution is -0.137. The molecule has 0 aliphatic heterocycles. The lowest BCUT2D eigenvalue weighted by atomic mass is 10.1. The molecule has 1 aromatic carbocycles. The van der Waals surface area contributed by atoms with Crippen molar-refractivity contribution in [2.75, 3.05) is 32.1 Å². The Morgan fingerprint density at radius 3 is 2.60 bits per heavy atom. The Labute approximate surface area is 115 Å². The van der Waals surface area contributed by atoms with E-state index in [0.717, 1.165) is 12.1 Å². The minimum atomic E-state index is -4.48. The van der Waals surface area contributed by atoms with E-state index in [4.69, 9.17) is 4.74 Å². The third kappa shape index (κ3) is 4.41. The molecule has 0 fully saturated rings. The first kappa shape index (κ1) is 16.3. The largest absolute Gasteiger partial charge is 0.416 e. The molecule has 0 radical (unpaired) electrons. The molecular formula is C13H17F3N2O2. The molecule has 0 aliphatic rings. The fraction of sp³-hybridized carbons (Fsp3) is 0.462. The summed E-state index contributed by atoms with van der Waals surface area (Å²) >= 11 is 0. The van der Waals surface area contributed by atoms with Crippen molar-refractivity contribution < 1.29 is 22.7 Å². The molecule has 20 heavy (non-hydrogen) atoms. The van der Waals surface area contributed by atoms with Gasteiger partial charge in [-0.15, -0.1) is 0 Å². The molecule has 0 heterocycles. The van der Waals surface area contributed by atoms with Gasteiger partial charge in [0.25, 0.3) is 5.91 Å². The first-order valence-corrected chi connectivity index (χ1v) is 6.12. The molecule has 0 unspecified atom stereocenters. The van der Waals surface area contributed by atoms with Crippen LogP contribution in [-0.4, -0.2) is 32.7 Å². The average Bonchev–Trinajstić information content (AvgIpc) is 2.38. The Kier molecular flexibility index (Phi) is 5.82. The van der Waals surface area contributed by atoms with Crippen molar-refractivity contribution >= 4 is 11.6 Å². The number of methoxy groups -OCH3 is 1. The first-order valence-electron chi connectivity index (χ1n) is 6.12. The highest BCUT2D eigenvalue weighted by molar-refractivity contribution is 5.99. The highest BCUT2D eigenvalue weighted by atomic mass is 19.4. The molecule has 1 amide bonds. The van der Waals surface area contributed by atoms with Gasteiger partial charge in [0.05, 0.1) is 17.7 Å². The Bertz CT molecular complexity index is 461. The second-order valence-electron chi connectivity index (χ2n) is 4.04. The SMILES string of the molecule is CCNc1ccc(C(F)(F)F)cc1C(=O)NCCOC. The highest BCUT2D eigenvalue weighted by Crippen LogP contribution is 2.31. The van der Waals surface area contributed by atoms with Crippen LogP contribution in [0.1, 0.15) is 22.8 Å². The Morgan fingerprint density at radius 2 is 2.05 bits per heavy atom. The zero-order chi connectivity index (χ0) is 15.2. The molecular weight excluding hydrogens is 273 g/mol. The number of benzene rings is 1. The van der Waals surface area contributed by atoms with Crippen molar-refractivity contribution in [1.29, 1.82) is 0 Å². The molecule has 0 atom stereocenters. The Balaban J connectivity index is 3.02. The standard InChI is InChI=1S/C13H17F3N2O2/c1-3-17-11-5-4-9(13(14,15)16)8-10(11)12(19)18-6-7-20-2/h4-5,8,17H,3,6-7H2,1-2H3,(H,18,19). The Hall–Kier alpha value is -1.76. The van der Waals surface area contributed by atoms with Gasteiger partial charge >= 0.3 is 6.18 Å². The third-order valence-corrected chi connectivity index (χ3v) is 2.55. The lowest BCUT2D eigenvalue weighted by Crippen LogP contribution is -2.28. The topological polar surface area (TPSA) is 50.4 Å². The van der Waals surface area contributed by atoms with Gasteiger partial charge in [0.2, 0.25) is 0 Å². The minimum absolute atomic E-state index is 0.0298. The van der Waals surface area contributed by atoms with E-state index in [-0.39, 0.29) is 12.1 Å². The van der Waals surface area contributed by atoms with E-state index in [2.05, 4.69) is 10.6 Å². The minimum Gasteiger partial charge on any atom is -0.385 e. The van der Waals surface area contributed by atoms with Crippen LogP contribution < -0.4 is 10.6 Å². The number of nitrogens with one attached hydrogen (secondary N) is 2. The van der Waals surface area contributed by atoms with Crippen LogP contribution in [0.15, 0.2) is 18.2 Å². The number of ether oxygens (including phenoxy) is 1. The van der Waals surface area contributed by atoms with Gasteiger partial charge in [-0.2, -0.15) is 13.2 Å². The summed E-state index contributed by atoms with van der Waals surface area (Å²) in [6.07, 6.45) is -4.48. The second-order valence-corrected chi connectivity index (χ2v) is 4.04. The number of halogens is 3. The molecule has 0 saturated carbocycles. The normalized spacial score (nSPS) is 11.2. The van der Waals surface area contributed by atoms with E-state index in [1.54, 1.807) is 6.92 Å². The number of carbonyl (C=O) groups excluding carboxylic acids is 1. The molecule has 0 spiro atoms. The molecule has 1 aromatic rings. The number of anilines is 1. The predicted octanol–water partition coefficient (Wildman–Crippen LogP) is 2.51. The molecule has 112 valence electrons. The van der Waals surface area contributed by atoms with Gasteiger partial charge in [-0.25, -0.2) is 0 Å². The van der Waals surface area contributed by atoms with Crippen LogP contribution in [0, 0.1) is 0 Å². The van der Waals surface area contributed by atoms with Crippen molar-refractivity contribution in [2.45, 2.75) is 13.1 Å². The van der Waals surface area contributed by atoms with Crippen molar-refractivity contribution in [3.8, 4) is 0 Å². The van der Waals surface area contributed by atoms with Gasteiger partial charge in [0, 0.05) is 25.9 Å². The van der Waals surface area contributed by atoms with Crippen molar-refractivity contribution in [3.63, 3.8) is 0 Å². The average molecular weight is 290 g/mol. The van der Waals surface area contributed by atoms with Crippen LogP contribution in [-0.2, 0) is 10.9 Å². The maximum atomic E-state index is 12.7. The van der Waals surface area contributed by atoms with Crippen molar-refractivity contribution in [1.82, 2.24) is 5.32 Å². The van der Waals surface area contributed by atoms with Crippen LogP contribution in [0.5, 0.6) is 0 Å². The van der Waals surface area contributed by atoms with Crippen LogP contribution in [0.3, 0.4) is 0 Å². The van der Waals surface area contributed by atoms with Gasteiger partial charge in [0.1, 0.15) is 0 Å². The number of carbonyl (C=O) groups is 1. The van der Waals surface area contributed by atoms with E-state index in [9.17, 15) is 18.0 Å². The van der Waals surface area contributed by atoms with Crippen molar-refractivity contribution in [3.05, 3.63) is 29.3 Å². The highest BCUT2D eigenvalue weighted by Gasteiger charge is 2.31. The van der Waals surface area contributed by atoms with E-state index < -0.39 is 17.6 Å². The summed E-state index contributed by atoms with van der Waals surface area (Å²) in [5.74, 6) is -0.566.